The normalized spacial score (nSPS) is 10.3. The van der Waals surface area contributed by atoms with Gasteiger partial charge in [-0.05, 0) is 65.1 Å². The summed E-state index contributed by atoms with van der Waals surface area (Å²) in [5.74, 6) is -0.445. The molecule has 2 nitrogen and oxygen atoms in total. The molecule has 0 saturated heterocycles. The molecule has 1 amide bonds. The highest BCUT2D eigenvalue weighted by molar-refractivity contribution is 14.1. The molecule has 5 heteroatoms. The fourth-order valence-electron chi connectivity index (χ4n) is 1.62. The van der Waals surface area contributed by atoms with E-state index in [0.717, 1.165) is 8.04 Å². The predicted octanol–water partition coefficient (Wildman–Crippen LogP) is 4.47. The van der Waals surface area contributed by atoms with Gasteiger partial charge in [0.1, 0.15) is 5.82 Å². The smallest absolute Gasteiger partial charge is 0.259 e. The molecular weight excluding hydrogens is 424 g/mol. The quantitative estimate of drug-likeness (QED) is 0.640. The van der Waals surface area contributed by atoms with E-state index >= 15 is 0 Å². The number of rotatable bonds is 2. The molecule has 0 radical (unpaired) electrons. The summed E-state index contributed by atoms with van der Waals surface area (Å²) in [5.41, 5.74) is 1.27. The molecule has 19 heavy (non-hydrogen) atoms. The van der Waals surface area contributed by atoms with E-state index in [-0.39, 0.29) is 11.7 Å². The molecule has 0 aromatic heterocycles. The van der Waals surface area contributed by atoms with Gasteiger partial charge in [0.25, 0.3) is 5.91 Å². The van der Waals surface area contributed by atoms with Crippen LogP contribution in [0, 0.1) is 9.39 Å². The summed E-state index contributed by atoms with van der Waals surface area (Å²) in [6.07, 6.45) is 0. The average molecular weight is 434 g/mol. The van der Waals surface area contributed by atoms with Crippen LogP contribution in [0.3, 0.4) is 0 Å². The topological polar surface area (TPSA) is 20.3 Å². The summed E-state index contributed by atoms with van der Waals surface area (Å²) in [6, 6.07) is 11.4. The molecule has 0 spiro atoms. The van der Waals surface area contributed by atoms with Crippen molar-refractivity contribution >= 4 is 50.1 Å². The third kappa shape index (κ3) is 3.33. The minimum atomic E-state index is -0.318. The van der Waals surface area contributed by atoms with Crippen molar-refractivity contribution in [3.8, 4) is 0 Å². The molecule has 0 aliphatic carbocycles. The van der Waals surface area contributed by atoms with E-state index in [9.17, 15) is 9.18 Å². The number of nitrogens with zero attached hydrogens (tertiary/aromatic N) is 1. The number of halogens is 3. The molecule has 0 saturated carbocycles. The molecule has 0 unspecified atom stereocenters. The molecule has 0 atom stereocenters. The average Bonchev–Trinajstić information content (AvgIpc) is 2.41. The maximum Gasteiger partial charge on any atom is 0.259 e. The Morgan fingerprint density at radius 3 is 2.47 bits per heavy atom. The number of anilines is 1. The van der Waals surface area contributed by atoms with E-state index in [4.69, 9.17) is 0 Å². The van der Waals surface area contributed by atoms with Crippen molar-refractivity contribution in [1.29, 1.82) is 0 Å². The van der Waals surface area contributed by atoms with Crippen molar-refractivity contribution in [2.75, 3.05) is 11.9 Å². The van der Waals surface area contributed by atoms with E-state index in [1.54, 1.807) is 25.2 Å². The van der Waals surface area contributed by atoms with Gasteiger partial charge in [-0.25, -0.2) is 4.39 Å². The highest BCUT2D eigenvalue weighted by Gasteiger charge is 2.16. The molecule has 2 aromatic carbocycles. The monoisotopic (exact) mass is 433 g/mol. The van der Waals surface area contributed by atoms with Crippen LogP contribution in [-0.2, 0) is 0 Å². The number of benzene rings is 2. The maximum absolute atomic E-state index is 12.9. The first-order valence-corrected chi connectivity index (χ1v) is 7.35. The van der Waals surface area contributed by atoms with Crippen LogP contribution in [0.25, 0.3) is 0 Å². The number of hydrogen-bond acceptors (Lipinski definition) is 1. The zero-order valence-corrected chi connectivity index (χ0v) is 13.8. The Morgan fingerprint density at radius 1 is 1.21 bits per heavy atom. The Labute approximate surface area is 132 Å². The van der Waals surface area contributed by atoms with Crippen LogP contribution in [0.1, 0.15) is 10.4 Å². The van der Waals surface area contributed by atoms with Gasteiger partial charge in [-0.3, -0.25) is 4.79 Å². The summed E-state index contributed by atoms with van der Waals surface area (Å²) in [4.78, 5) is 13.9. The number of amides is 1. The molecule has 0 fully saturated rings. The van der Waals surface area contributed by atoms with Crippen LogP contribution in [0.5, 0.6) is 0 Å². The Kier molecular flexibility index (Phi) is 4.57. The van der Waals surface area contributed by atoms with Gasteiger partial charge >= 0.3 is 0 Å². The first kappa shape index (κ1) is 14.5. The van der Waals surface area contributed by atoms with E-state index in [0.29, 0.717) is 11.3 Å². The molecule has 0 aliphatic rings. The van der Waals surface area contributed by atoms with Gasteiger partial charge < -0.3 is 4.90 Å². The van der Waals surface area contributed by atoms with Crippen molar-refractivity contribution in [3.05, 3.63) is 61.9 Å². The molecule has 0 N–H and O–H groups in total. The van der Waals surface area contributed by atoms with Gasteiger partial charge in [0, 0.05) is 20.8 Å². The Balaban J connectivity index is 2.33. The number of carbonyl (C=O) groups is 1. The fourth-order valence-corrected chi connectivity index (χ4v) is 2.55. The molecule has 0 aliphatic heterocycles. The molecule has 2 rings (SSSR count). The Bertz CT molecular complexity index is 615. The van der Waals surface area contributed by atoms with Gasteiger partial charge in [0.2, 0.25) is 0 Å². The summed E-state index contributed by atoms with van der Waals surface area (Å²) in [6.45, 7) is 0. The number of carbonyl (C=O) groups excluding carboxylic acids is 1. The highest BCUT2D eigenvalue weighted by Crippen LogP contribution is 2.22. The second-order valence-corrected chi connectivity index (χ2v) is 6.04. The largest absolute Gasteiger partial charge is 0.311 e. The zero-order chi connectivity index (χ0) is 14.0. The minimum Gasteiger partial charge on any atom is -0.311 e. The van der Waals surface area contributed by atoms with E-state index < -0.39 is 0 Å². The van der Waals surface area contributed by atoms with E-state index in [1.807, 2.05) is 12.1 Å². The van der Waals surface area contributed by atoms with Gasteiger partial charge in [-0.1, -0.05) is 15.9 Å². The molecule has 98 valence electrons. The van der Waals surface area contributed by atoms with Gasteiger partial charge in [0.15, 0.2) is 0 Å². The summed E-state index contributed by atoms with van der Waals surface area (Å²) >= 11 is 5.48. The first-order chi connectivity index (χ1) is 8.99. The minimum absolute atomic E-state index is 0.127. The molecule has 2 aromatic rings. The predicted molar refractivity (Wildman–Crippen MR) is 86.0 cm³/mol. The molecule has 0 heterocycles. The first-order valence-electron chi connectivity index (χ1n) is 5.47. The standard InChI is InChI=1S/C14H10BrFINO/c1-18(11-5-3-10(16)4-6-11)14(19)12-8-9(15)2-7-13(12)17/h2-8H,1H3. The van der Waals surface area contributed by atoms with Crippen LogP contribution in [0.15, 0.2) is 46.9 Å². The number of hydrogen-bond donors (Lipinski definition) is 0. The third-order valence-electron chi connectivity index (χ3n) is 2.68. The summed E-state index contributed by atoms with van der Waals surface area (Å²) in [5, 5.41) is 0. The lowest BCUT2D eigenvalue weighted by Crippen LogP contribution is -2.26. The lowest BCUT2D eigenvalue weighted by atomic mass is 10.2. The molecular formula is C14H10BrFINO. The SMILES string of the molecule is CN(C(=O)c1cc(Br)ccc1I)c1ccc(F)cc1. The second kappa shape index (κ2) is 6.00. The van der Waals surface area contributed by atoms with Crippen molar-refractivity contribution < 1.29 is 9.18 Å². The third-order valence-corrected chi connectivity index (χ3v) is 4.11. The second-order valence-electron chi connectivity index (χ2n) is 3.96. The Morgan fingerprint density at radius 2 is 1.84 bits per heavy atom. The van der Waals surface area contributed by atoms with Crippen LogP contribution in [0.4, 0.5) is 10.1 Å². The van der Waals surface area contributed by atoms with Crippen LogP contribution < -0.4 is 4.90 Å². The lowest BCUT2D eigenvalue weighted by molar-refractivity contribution is 0.0992. The van der Waals surface area contributed by atoms with Gasteiger partial charge in [-0.2, -0.15) is 0 Å². The van der Waals surface area contributed by atoms with Gasteiger partial charge in [0.05, 0.1) is 5.56 Å². The summed E-state index contributed by atoms with van der Waals surface area (Å²) < 4.78 is 14.6. The Hall–Kier alpha value is -0.950. The van der Waals surface area contributed by atoms with Gasteiger partial charge in [-0.15, -0.1) is 0 Å². The van der Waals surface area contributed by atoms with Crippen LogP contribution >= 0.6 is 38.5 Å². The van der Waals surface area contributed by atoms with Crippen molar-refractivity contribution in [2.24, 2.45) is 0 Å². The van der Waals surface area contributed by atoms with E-state index in [2.05, 4.69) is 38.5 Å². The van der Waals surface area contributed by atoms with Crippen molar-refractivity contribution in [2.45, 2.75) is 0 Å². The van der Waals surface area contributed by atoms with Crippen molar-refractivity contribution in [3.63, 3.8) is 0 Å². The molecule has 0 bridgehead atoms. The van der Waals surface area contributed by atoms with Crippen LogP contribution in [0.2, 0.25) is 0 Å². The lowest BCUT2D eigenvalue weighted by Gasteiger charge is -2.18. The van der Waals surface area contributed by atoms with Crippen LogP contribution in [-0.4, -0.2) is 13.0 Å². The fraction of sp³-hybridized carbons (Fsp3) is 0.0714. The maximum atomic E-state index is 12.9. The van der Waals surface area contributed by atoms with E-state index in [1.165, 1.54) is 17.0 Å². The zero-order valence-electron chi connectivity index (χ0n) is 10.0. The highest BCUT2D eigenvalue weighted by atomic mass is 127. The summed E-state index contributed by atoms with van der Waals surface area (Å²) in [7, 11) is 1.67. The van der Waals surface area contributed by atoms with Crippen molar-refractivity contribution in [1.82, 2.24) is 0 Å².